The van der Waals surface area contributed by atoms with Crippen molar-refractivity contribution < 1.29 is 9.53 Å². The number of nitrogens with one attached hydrogen (secondary N) is 1. The average Bonchev–Trinajstić information content (AvgIpc) is 3.33. The van der Waals surface area contributed by atoms with E-state index >= 15 is 0 Å². The fourth-order valence-electron chi connectivity index (χ4n) is 3.09. The number of amides is 1. The van der Waals surface area contributed by atoms with E-state index in [0.29, 0.717) is 23.1 Å². The first-order valence-electron chi connectivity index (χ1n) is 10.00. The summed E-state index contributed by atoms with van der Waals surface area (Å²) in [5.41, 5.74) is 3.97. The van der Waals surface area contributed by atoms with Crippen molar-refractivity contribution in [3.05, 3.63) is 94.0 Å². The third kappa shape index (κ3) is 5.19. The normalized spacial score (nSPS) is 10.8. The summed E-state index contributed by atoms with van der Waals surface area (Å²) in [6.07, 6.45) is 4.42. The topological polar surface area (TPSA) is 69.0 Å². The van der Waals surface area contributed by atoms with Crippen LogP contribution in [0.25, 0.3) is 0 Å². The van der Waals surface area contributed by atoms with E-state index in [2.05, 4.69) is 46.5 Å². The van der Waals surface area contributed by atoms with Crippen LogP contribution in [-0.4, -0.2) is 20.4 Å². The molecule has 2 aromatic carbocycles. The van der Waals surface area contributed by atoms with Crippen LogP contribution in [0.1, 0.15) is 37.9 Å². The highest BCUT2D eigenvalue weighted by Crippen LogP contribution is 2.26. The molecule has 4 rings (SSSR count). The lowest BCUT2D eigenvalue weighted by atomic mass is 10.1. The van der Waals surface area contributed by atoms with Crippen LogP contribution in [0.2, 0.25) is 0 Å². The van der Waals surface area contributed by atoms with Crippen molar-refractivity contribution >= 4 is 22.4 Å². The Hall–Kier alpha value is -3.45. The fraction of sp³-hybridized carbons (Fsp3) is 0.208. The highest BCUT2D eigenvalue weighted by molar-refractivity contribution is 7.15. The van der Waals surface area contributed by atoms with Gasteiger partial charge in [-0.25, -0.2) is 9.97 Å². The first-order valence-corrected chi connectivity index (χ1v) is 10.8. The van der Waals surface area contributed by atoms with E-state index in [4.69, 9.17) is 4.74 Å². The van der Waals surface area contributed by atoms with Crippen LogP contribution in [0.15, 0.2) is 60.9 Å². The van der Waals surface area contributed by atoms with Crippen LogP contribution in [0.5, 0.6) is 5.75 Å². The molecule has 4 aromatic rings. The van der Waals surface area contributed by atoms with Gasteiger partial charge in [-0.1, -0.05) is 29.8 Å². The number of hydrogen-bond acceptors (Lipinski definition) is 5. The first-order chi connectivity index (χ1) is 15.0. The number of imidazole rings is 1. The summed E-state index contributed by atoms with van der Waals surface area (Å²) in [6, 6.07) is 15.5. The summed E-state index contributed by atoms with van der Waals surface area (Å²) < 4.78 is 7.65. The van der Waals surface area contributed by atoms with Crippen LogP contribution >= 0.6 is 11.3 Å². The summed E-state index contributed by atoms with van der Waals surface area (Å²) in [5.74, 6) is 1.33. The molecule has 2 aromatic heterocycles. The summed E-state index contributed by atoms with van der Waals surface area (Å²) in [5, 5.41) is 3.52. The van der Waals surface area contributed by atoms with Crippen LogP contribution in [0.4, 0.5) is 5.13 Å². The monoisotopic (exact) mass is 432 g/mol. The average molecular weight is 433 g/mol. The molecule has 0 saturated heterocycles. The molecule has 0 atom stereocenters. The lowest BCUT2D eigenvalue weighted by molar-refractivity contribution is 0.102. The molecular formula is C24H24N4O2S. The Labute approximate surface area is 185 Å². The zero-order valence-corrected chi connectivity index (χ0v) is 18.6. The van der Waals surface area contributed by atoms with Crippen molar-refractivity contribution in [1.82, 2.24) is 14.5 Å². The number of hydrogen-bond donors (Lipinski definition) is 1. The van der Waals surface area contributed by atoms with E-state index < -0.39 is 0 Å². The molecule has 0 aliphatic heterocycles. The van der Waals surface area contributed by atoms with Gasteiger partial charge in [0.05, 0.1) is 5.69 Å². The third-order valence-corrected chi connectivity index (χ3v) is 6.08. The van der Waals surface area contributed by atoms with Gasteiger partial charge in [-0.15, -0.1) is 11.3 Å². The van der Waals surface area contributed by atoms with Gasteiger partial charge >= 0.3 is 0 Å². The van der Waals surface area contributed by atoms with Crippen LogP contribution in [0, 0.1) is 13.8 Å². The second kappa shape index (κ2) is 9.14. The standard InChI is InChI=1S/C24H24N4O2S/c1-16-4-6-18(7-5-16)14-21-17(2)26-24(31-21)27-23(29)19-8-10-20(11-9-19)30-15-22-25-12-13-28(22)3/h4-13H,14-15H2,1-3H3,(H,26,27,29). The van der Waals surface area contributed by atoms with Gasteiger partial charge < -0.3 is 9.30 Å². The molecular weight excluding hydrogens is 408 g/mol. The number of benzene rings is 2. The maximum Gasteiger partial charge on any atom is 0.257 e. The highest BCUT2D eigenvalue weighted by Gasteiger charge is 2.13. The number of carbonyl (C=O) groups is 1. The van der Waals surface area contributed by atoms with Gasteiger partial charge in [0.25, 0.3) is 5.91 Å². The van der Waals surface area contributed by atoms with Gasteiger partial charge in [0.1, 0.15) is 18.2 Å². The van der Waals surface area contributed by atoms with E-state index in [0.717, 1.165) is 22.8 Å². The third-order valence-electron chi connectivity index (χ3n) is 5.00. The predicted molar refractivity (Wildman–Crippen MR) is 123 cm³/mol. The Balaban J connectivity index is 1.36. The summed E-state index contributed by atoms with van der Waals surface area (Å²) >= 11 is 1.52. The van der Waals surface area contributed by atoms with Gasteiger partial charge in [0.15, 0.2) is 5.13 Å². The number of ether oxygens (including phenoxy) is 1. The number of aromatic nitrogens is 3. The molecule has 7 heteroatoms. The second-order valence-electron chi connectivity index (χ2n) is 7.41. The molecule has 0 saturated carbocycles. The largest absolute Gasteiger partial charge is 0.486 e. The molecule has 1 N–H and O–H groups in total. The Morgan fingerprint density at radius 2 is 1.84 bits per heavy atom. The molecule has 6 nitrogen and oxygen atoms in total. The lowest BCUT2D eigenvalue weighted by Crippen LogP contribution is -2.11. The minimum absolute atomic E-state index is 0.189. The zero-order chi connectivity index (χ0) is 21.8. The van der Waals surface area contributed by atoms with Crippen molar-refractivity contribution in [2.45, 2.75) is 26.9 Å². The summed E-state index contributed by atoms with van der Waals surface area (Å²) in [4.78, 5) is 22.5. The smallest absolute Gasteiger partial charge is 0.257 e. The Morgan fingerprint density at radius 1 is 1.10 bits per heavy atom. The number of aryl methyl sites for hydroxylation is 3. The van der Waals surface area contributed by atoms with Crippen LogP contribution in [0.3, 0.4) is 0 Å². The number of rotatable bonds is 7. The van der Waals surface area contributed by atoms with Crippen molar-refractivity contribution in [2.75, 3.05) is 5.32 Å². The fourth-order valence-corrected chi connectivity index (χ4v) is 4.08. The van der Waals surface area contributed by atoms with Gasteiger partial charge in [-0.2, -0.15) is 0 Å². The predicted octanol–water partition coefficient (Wildman–Crippen LogP) is 4.92. The van der Waals surface area contributed by atoms with Crippen molar-refractivity contribution in [3.8, 4) is 5.75 Å². The Morgan fingerprint density at radius 3 is 2.52 bits per heavy atom. The van der Waals surface area contributed by atoms with E-state index in [9.17, 15) is 4.79 Å². The van der Waals surface area contributed by atoms with Gasteiger partial charge in [0.2, 0.25) is 0 Å². The molecule has 1 amide bonds. The molecule has 0 unspecified atom stereocenters. The molecule has 31 heavy (non-hydrogen) atoms. The van der Waals surface area contributed by atoms with E-state index in [1.54, 1.807) is 30.5 Å². The maximum absolute atomic E-state index is 12.6. The summed E-state index contributed by atoms with van der Waals surface area (Å²) in [7, 11) is 1.92. The summed E-state index contributed by atoms with van der Waals surface area (Å²) in [6.45, 7) is 4.43. The number of carbonyl (C=O) groups excluding carboxylic acids is 1. The van der Waals surface area contributed by atoms with Crippen molar-refractivity contribution in [1.29, 1.82) is 0 Å². The SMILES string of the molecule is Cc1ccc(Cc2sc(NC(=O)c3ccc(OCc4nccn4C)cc3)nc2C)cc1. The molecule has 0 aliphatic rings. The van der Waals surface area contributed by atoms with Crippen LogP contribution in [-0.2, 0) is 20.1 Å². The minimum Gasteiger partial charge on any atom is -0.486 e. The molecule has 0 fully saturated rings. The van der Waals surface area contributed by atoms with Crippen LogP contribution < -0.4 is 10.1 Å². The first kappa shape index (κ1) is 20.8. The zero-order valence-electron chi connectivity index (χ0n) is 17.8. The van der Waals surface area contributed by atoms with Crippen molar-refractivity contribution in [2.24, 2.45) is 7.05 Å². The van der Waals surface area contributed by atoms with Gasteiger partial charge in [-0.3, -0.25) is 10.1 Å². The quantitative estimate of drug-likeness (QED) is 0.450. The molecule has 0 bridgehead atoms. The van der Waals surface area contributed by atoms with E-state index in [-0.39, 0.29) is 5.91 Å². The highest BCUT2D eigenvalue weighted by atomic mass is 32.1. The molecule has 158 valence electrons. The second-order valence-corrected chi connectivity index (χ2v) is 8.50. The number of nitrogens with zero attached hydrogens (tertiary/aromatic N) is 3. The molecule has 0 radical (unpaired) electrons. The lowest BCUT2D eigenvalue weighted by Gasteiger charge is -2.07. The molecule has 0 aliphatic carbocycles. The minimum atomic E-state index is -0.189. The Bertz CT molecular complexity index is 1180. The number of anilines is 1. The van der Waals surface area contributed by atoms with E-state index in [1.807, 2.05) is 24.7 Å². The Kier molecular flexibility index (Phi) is 6.13. The number of thiazole rings is 1. The van der Waals surface area contributed by atoms with E-state index in [1.165, 1.54) is 22.5 Å². The van der Waals surface area contributed by atoms with Gasteiger partial charge in [-0.05, 0) is 43.7 Å². The van der Waals surface area contributed by atoms with Gasteiger partial charge in [0, 0.05) is 36.3 Å². The molecule has 2 heterocycles. The van der Waals surface area contributed by atoms with Crippen molar-refractivity contribution in [3.63, 3.8) is 0 Å². The maximum atomic E-state index is 12.6. The molecule has 0 spiro atoms.